The molecule has 0 fully saturated rings. The number of methoxy groups -OCH3 is 1. The normalized spacial score (nSPS) is 12.0. The van der Waals surface area contributed by atoms with Gasteiger partial charge in [-0.15, -0.1) is 13.2 Å². The molecule has 2 aromatic rings. The van der Waals surface area contributed by atoms with Crippen LogP contribution in [0.25, 0.3) is 0 Å². The van der Waals surface area contributed by atoms with Crippen LogP contribution in [0.2, 0.25) is 0 Å². The molecule has 0 aliphatic heterocycles. The molecule has 144 valence electrons. The number of nitrogens with one attached hydrogen (secondary N) is 1. The largest absolute Gasteiger partial charge is 0.573 e. The highest BCUT2D eigenvalue weighted by Crippen LogP contribution is 2.23. The maximum Gasteiger partial charge on any atom is 0.573 e. The van der Waals surface area contributed by atoms with Crippen molar-refractivity contribution in [2.24, 2.45) is 0 Å². The van der Waals surface area contributed by atoms with Gasteiger partial charge in [0.2, 0.25) is 0 Å². The van der Waals surface area contributed by atoms with E-state index in [-0.39, 0.29) is 5.56 Å². The molecule has 0 heterocycles. The molecule has 0 aliphatic rings. The summed E-state index contributed by atoms with van der Waals surface area (Å²) in [5.41, 5.74) is 0.432. The first kappa shape index (κ1) is 20.1. The van der Waals surface area contributed by atoms with Gasteiger partial charge in [-0.2, -0.15) is 0 Å². The maximum atomic E-state index is 12.1. The molecule has 0 saturated heterocycles. The van der Waals surface area contributed by atoms with Gasteiger partial charge >= 0.3 is 12.3 Å². The predicted molar refractivity (Wildman–Crippen MR) is 89.6 cm³/mol. The van der Waals surface area contributed by atoms with E-state index in [1.807, 2.05) is 0 Å². The van der Waals surface area contributed by atoms with Crippen LogP contribution in [0.3, 0.4) is 0 Å². The fraction of sp³-hybridized carbons (Fsp3) is 0.222. The van der Waals surface area contributed by atoms with Gasteiger partial charge < -0.3 is 19.5 Å². The Kier molecular flexibility index (Phi) is 6.27. The lowest BCUT2D eigenvalue weighted by Gasteiger charge is -2.14. The molecule has 27 heavy (non-hydrogen) atoms. The van der Waals surface area contributed by atoms with Crippen LogP contribution in [0.4, 0.5) is 18.9 Å². The number of carbonyl (C=O) groups is 2. The van der Waals surface area contributed by atoms with Crippen LogP contribution < -0.4 is 14.8 Å². The van der Waals surface area contributed by atoms with E-state index in [0.29, 0.717) is 11.4 Å². The van der Waals surface area contributed by atoms with Crippen LogP contribution in [0.1, 0.15) is 17.3 Å². The molecule has 0 unspecified atom stereocenters. The lowest BCUT2D eigenvalue weighted by atomic mass is 10.2. The lowest BCUT2D eigenvalue weighted by molar-refractivity contribution is -0.274. The molecule has 1 N–H and O–H groups in total. The molecule has 2 aromatic carbocycles. The van der Waals surface area contributed by atoms with Gasteiger partial charge in [0.25, 0.3) is 5.91 Å². The number of ether oxygens (including phenoxy) is 3. The number of esters is 1. The average Bonchev–Trinajstić information content (AvgIpc) is 2.61. The van der Waals surface area contributed by atoms with Crippen LogP contribution in [0.5, 0.6) is 11.5 Å². The molecular weight excluding hydrogens is 367 g/mol. The van der Waals surface area contributed by atoms with E-state index in [2.05, 4.69) is 10.1 Å². The van der Waals surface area contributed by atoms with Crippen molar-refractivity contribution in [3.63, 3.8) is 0 Å². The zero-order chi connectivity index (χ0) is 20.0. The molecule has 0 saturated carbocycles. The number of benzene rings is 2. The molecule has 0 aliphatic carbocycles. The molecule has 6 nitrogen and oxygen atoms in total. The summed E-state index contributed by atoms with van der Waals surface area (Å²) in [4.78, 5) is 24.1. The van der Waals surface area contributed by atoms with Crippen LogP contribution in [-0.2, 0) is 9.53 Å². The highest BCUT2D eigenvalue weighted by Gasteiger charge is 2.31. The second-order valence-electron chi connectivity index (χ2n) is 5.34. The topological polar surface area (TPSA) is 73.9 Å². The molecule has 9 heteroatoms. The summed E-state index contributed by atoms with van der Waals surface area (Å²) in [6.07, 6.45) is -5.95. The monoisotopic (exact) mass is 383 g/mol. The summed E-state index contributed by atoms with van der Waals surface area (Å²) >= 11 is 0. The van der Waals surface area contributed by atoms with Crippen molar-refractivity contribution in [3.8, 4) is 11.5 Å². The van der Waals surface area contributed by atoms with Crippen molar-refractivity contribution in [1.29, 1.82) is 0 Å². The molecular formula is C18H16F3NO5. The molecule has 0 aromatic heterocycles. The summed E-state index contributed by atoms with van der Waals surface area (Å²) < 4.78 is 50.1. The minimum Gasteiger partial charge on any atom is -0.497 e. The Balaban J connectivity index is 1.94. The smallest absolute Gasteiger partial charge is 0.497 e. The van der Waals surface area contributed by atoms with Crippen molar-refractivity contribution in [1.82, 2.24) is 0 Å². The fourth-order valence-corrected chi connectivity index (χ4v) is 2.02. The van der Waals surface area contributed by atoms with Gasteiger partial charge in [-0.25, -0.2) is 4.79 Å². The number of hydrogen-bond donors (Lipinski definition) is 1. The Hall–Kier alpha value is -3.23. The third-order valence-electron chi connectivity index (χ3n) is 3.31. The molecule has 0 spiro atoms. The van der Waals surface area contributed by atoms with Crippen molar-refractivity contribution in [2.45, 2.75) is 19.4 Å². The number of anilines is 1. The van der Waals surface area contributed by atoms with Gasteiger partial charge in [-0.3, -0.25) is 4.79 Å². The number of amides is 1. The first-order valence-electron chi connectivity index (χ1n) is 7.69. The Morgan fingerprint density at radius 3 is 2.30 bits per heavy atom. The predicted octanol–water partition coefficient (Wildman–Crippen LogP) is 3.78. The Bertz CT molecular complexity index is 805. The first-order valence-corrected chi connectivity index (χ1v) is 7.69. The van der Waals surface area contributed by atoms with Crippen molar-refractivity contribution < 1.29 is 37.0 Å². The minimum atomic E-state index is -4.82. The van der Waals surface area contributed by atoms with Crippen LogP contribution in [-0.4, -0.2) is 31.5 Å². The highest BCUT2D eigenvalue weighted by molar-refractivity contribution is 5.97. The third kappa shape index (κ3) is 6.21. The Morgan fingerprint density at radius 1 is 1.04 bits per heavy atom. The zero-order valence-corrected chi connectivity index (χ0v) is 14.4. The van der Waals surface area contributed by atoms with Gasteiger partial charge in [0.15, 0.2) is 6.10 Å². The number of rotatable bonds is 6. The van der Waals surface area contributed by atoms with Gasteiger partial charge in [-0.1, -0.05) is 6.07 Å². The minimum absolute atomic E-state index is 0.0226. The van der Waals surface area contributed by atoms with Gasteiger partial charge in [0.1, 0.15) is 11.5 Å². The zero-order valence-electron chi connectivity index (χ0n) is 14.4. The van der Waals surface area contributed by atoms with Crippen molar-refractivity contribution in [2.75, 3.05) is 12.4 Å². The van der Waals surface area contributed by atoms with Crippen molar-refractivity contribution in [3.05, 3.63) is 54.1 Å². The Morgan fingerprint density at radius 2 is 1.70 bits per heavy atom. The van der Waals surface area contributed by atoms with Crippen LogP contribution >= 0.6 is 0 Å². The third-order valence-corrected chi connectivity index (χ3v) is 3.31. The van der Waals surface area contributed by atoms with E-state index >= 15 is 0 Å². The fourth-order valence-electron chi connectivity index (χ4n) is 2.02. The standard InChI is InChI=1S/C18H16F3NO5/c1-11(16(23)22-13-4-3-5-15(10-13)25-2)26-17(24)12-6-8-14(9-7-12)27-18(19,20)21/h3-11H,1-2H3,(H,22,23)/t11-/m0/s1. The number of hydrogen-bond acceptors (Lipinski definition) is 5. The number of halogens is 3. The molecule has 1 atom stereocenters. The van der Waals surface area contributed by atoms with E-state index < -0.39 is 30.1 Å². The van der Waals surface area contributed by atoms with Crippen molar-refractivity contribution >= 4 is 17.6 Å². The quantitative estimate of drug-likeness (QED) is 0.769. The van der Waals surface area contributed by atoms with Crippen LogP contribution in [0, 0.1) is 0 Å². The summed E-state index contributed by atoms with van der Waals surface area (Å²) in [7, 11) is 1.48. The lowest BCUT2D eigenvalue weighted by Crippen LogP contribution is -2.30. The molecule has 2 rings (SSSR count). The number of alkyl halides is 3. The average molecular weight is 383 g/mol. The maximum absolute atomic E-state index is 12.1. The highest BCUT2D eigenvalue weighted by atomic mass is 19.4. The second-order valence-corrected chi connectivity index (χ2v) is 5.34. The summed E-state index contributed by atoms with van der Waals surface area (Å²) in [5, 5.41) is 2.57. The summed E-state index contributed by atoms with van der Waals surface area (Å²) in [6, 6.07) is 10.8. The summed E-state index contributed by atoms with van der Waals surface area (Å²) in [5.74, 6) is -1.36. The summed E-state index contributed by atoms with van der Waals surface area (Å²) in [6.45, 7) is 1.37. The Labute approximate surface area is 152 Å². The van der Waals surface area contributed by atoms with Gasteiger partial charge in [-0.05, 0) is 43.3 Å². The van der Waals surface area contributed by atoms with E-state index in [1.165, 1.54) is 14.0 Å². The van der Waals surface area contributed by atoms with Gasteiger partial charge in [0, 0.05) is 11.8 Å². The van der Waals surface area contributed by atoms with E-state index in [4.69, 9.17) is 9.47 Å². The van der Waals surface area contributed by atoms with E-state index in [1.54, 1.807) is 24.3 Å². The van der Waals surface area contributed by atoms with Gasteiger partial charge in [0.05, 0.1) is 12.7 Å². The molecule has 0 bridgehead atoms. The first-order chi connectivity index (χ1) is 12.7. The molecule has 0 radical (unpaired) electrons. The van der Waals surface area contributed by atoms with Crippen LogP contribution in [0.15, 0.2) is 48.5 Å². The van der Waals surface area contributed by atoms with E-state index in [0.717, 1.165) is 24.3 Å². The second kappa shape index (κ2) is 8.43. The van der Waals surface area contributed by atoms with E-state index in [9.17, 15) is 22.8 Å². The SMILES string of the molecule is COc1cccc(NC(=O)[C@H](C)OC(=O)c2ccc(OC(F)(F)F)cc2)c1. The molecule has 1 amide bonds. The number of carbonyl (C=O) groups excluding carboxylic acids is 2.